The fourth-order valence-electron chi connectivity index (χ4n) is 2.26. The van der Waals surface area contributed by atoms with Crippen LogP contribution in [0, 0.1) is 17.2 Å². The molecule has 90 valence electrons. The smallest absolute Gasteiger partial charge is 0.238 e. The maximum Gasteiger partial charge on any atom is 0.238 e. The van der Waals surface area contributed by atoms with Crippen molar-refractivity contribution < 1.29 is 4.79 Å². The number of nitrogens with zero attached hydrogens (tertiary/aromatic N) is 2. The van der Waals surface area contributed by atoms with E-state index in [0.29, 0.717) is 0 Å². The standard InChI is InChI=1S/C12H21N3O/c1-9(12(16)15(2)3)14-11-7-5-4-6-10(11)8-13/h9-11,14H,4-7H2,1-3H3. The molecule has 0 saturated heterocycles. The molecule has 3 atom stereocenters. The van der Waals surface area contributed by atoms with Crippen LogP contribution in [0.5, 0.6) is 0 Å². The van der Waals surface area contributed by atoms with Crippen molar-refractivity contribution in [3.8, 4) is 6.07 Å². The Morgan fingerprint density at radius 1 is 1.44 bits per heavy atom. The van der Waals surface area contributed by atoms with Crippen molar-refractivity contribution in [3.05, 3.63) is 0 Å². The van der Waals surface area contributed by atoms with Gasteiger partial charge >= 0.3 is 0 Å². The monoisotopic (exact) mass is 223 g/mol. The third kappa shape index (κ3) is 3.21. The third-order valence-corrected chi connectivity index (χ3v) is 3.21. The Hall–Kier alpha value is -1.08. The van der Waals surface area contributed by atoms with Gasteiger partial charge in [-0.05, 0) is 19.8 Å². The van der Waals surface area contributed by atoms with Crippen LogP contribution in [0.3, 0.4) is 0 Å². The quantitative estimate of drug-likeness (QED) is 0.780. The Labute approximate surface area is 97.6 Å². The largest absolute Gasteiger partial charge is 0.347 e. The molecule has 1 amide bonds. The van der Waals surface area contributed by atoms with E-state index in [1.54, 1.807) is 19.0 Å². The second-order valence-corrected chi connectivity index (χ2v) is 4.75. The Kier molecular flexibility index (Phi) is 4.75. The Bertz CT molecular complexity index is 282. The molecule has 4 nitrogen and oxygen atoms in total. The van der Waals surface area contributed by atoms with E-state index >= 15 is 0 Å². The number of hydrogen-bond donors (Lipinski definition) is 1. The van der Waals surface area contributed by atoms with E-state index in [9.17, 15) is 4.79 Å². The molecule has 1 aliphatic rings. The molecule has 1 aliphatic carbocycles. The van der Waals surface area contributed by atoms with Crippen LogP contribution < -0.4 is 5.32 Å². The molecule has 4 heteroatoms. The van der Waals surface area contributed by atoms with Gasteiger partial charge in [0, 0.05) is 20.1 Å². The molecule has 0 aromatic rings. The van der Waals surface area contributed by atoms with Gasteiger partial charge in [0.1, 0.15) is 0 Å². The van der Waals surface area contributed by atoms with Crippen LogP contribution in [0.4, 0.5) is 0 Å². The molecule has 0 aliphatic heterocycles. The van der Waals surface area contributed by atoms with Gasteiger partial charge < -0.3 is 10.2 Å². The number of carbonyl (C=O) groups excluding carboxylic acids is 1. The molecule has 1 N–H and O–H groups in total. The summed E-state index contributed by atoms with van der Waals surface area (Å²) in [6.07, 6.45) is 4.24. The summed E-state index contributed by atoms with van der Waals surface area (Å²) in [5, 5.41) is 12.3. The molecule has 0 radical (unpaired) electrons. The predicted molar refractivity (Wildman–Crippen MR) is 62.7 cm³/mol. The first-order chi connectivity index (χ1) is 7.56. The first-order valence-corrected chi connectivity index (χ1v) is 5.93. The van der Waals surface area contributed by atoms with Gasteiger partial charge in [-0.3, -0.25) is 4.79 Å². The van der Waals surface area contributed by atoms with Crippen LogP contribution in [0.25, 0.3) is 0 Å². The van der Waals surface area contributed by atoms with Crippen LogP contribution in [0.1, 0.15) is 32.6 Å². The van der Waals surface area contributed by atoms with Crippen molar-refractivity contribution in [2.75, 3.05) is 14.1 Å². The Balaban J connectivity index is 2.52. The van der Waals surface area contributed by atoms with Crippen molar-refractivity contribution in [2.24, 2.45) is 5.92 Å². The van der Waals surface area contributed by atoms with Crippen molar-refractivity contribution in [3.63, 3.8) is 0 Å². The highest BCUT2D eigenvalue weighted by Gasteiger charge is 2.27. The summed E-state index contributed by atoms with van der Waals surface area (Å²) in [6, 6.07) is 2.32. The van der Waals surface area contributed by atoms with Gasteiger partial charge in [-0.2, -0.15) is 5.26 Å². The van der Waals surface area contributed by atoms with Crippen molar-refractivity contribution >= 4 is 5.91 Å². The molecule has 1 saturated carbocycles. The van der Waals surface area contributed by atoms with E-state index in [-0.39, 0.29) is 23.9 Å². The lowest BCUT2D eigenvalue weighted by molar-refractivity contribution is -0.130. The van der Waals surface area contributed by atoms with Gasteiger partial charge in [0.15, 0.2) is 0 Å². The van der Waals surface area contributed by atoms with Crippen LogP contribution in [-0.2, 0) is 4.79 Å². The van der Waals surface area contributed by atoms with Gasteiger partial charge in [0.25, 0.3) is 0 Å². The Morgan fingerprint density at radius 3 is 2.62 bits per heavy atom. The van der Waals surface area contributed by atoms with E-state index in [4.69, 9.17) is 5.26 Å². The molecule has 0 spiro atoms. The van der Waals surface area contributed by atoms with Crippen molar-refractivity contribution in [2.45, 2.75) is 44.7 Å². The zero-order valence-corrected chi connectivity index (χ0v) is 10.4. The van der Waals surface area contributed by atoms with Crippen molar-refractivity contribution in [1.82, 2.24) is 10.2 Å². The maximum absolute atomic E-state index is 11.7. The van der Waals surface area contributed by atoms with Crippen LogP contribution in [0.2, 0.25) is 0 Å². The number of carbonyl (C=O) groups is 1. The number of nitrogens with one attached hydrogen (secondary N) is 1. The first kappa shape index (κ1) is 13.0. The summed E-state index contributed by atoms with van der Waals surface area (Å²) < 4.78 is 0. The summed E-state index contributed by atoms with van der Waals surface area (Å²) in [4.78, 5) is 13.3. The van der Waals surface area contributed by atoms with Gasteiger partial charge in [-0.25, -0.2) is 0 Å². The average molecular weight is 223 g/mol. The summed E-state index contributed by atoms with van der Waals surface area (Å²) in [5.41, 5.74) is 0. The molecule has 0 heterocycles. The first-order valence-electron chi connectivity index (χ1n) is 5.93. The van der Waals surface area contributed by atoms with Gasteiger partial charge in [-0.15, -0.1) is 0 Å². The average Bonchev–Trinajstić information content (AvgIpc) is 2.28. The zero-order valence-electron chi connectivity index (χ0n) is 10.4. The van der Waals surface area contributed by atoms with E-state index in [2.05, 4.69) is 11.4 Å². The van der Waals surface area contributed by atoms with Crippen LogP contribution >= 0.6 is 0 Å². The second-order valence-electron chi connectivity index (χ2n) is 4.75. The SMILES string of the molecule is CC(NC1CCCCC1C#N)C(=O)N(C)C. The summed E-state index contributed by atoms with van der Waals surface area (Å²) in [7, 11) is 3.51. The third-order valence-electron chi connectivity index (χ3n) is 3.21. The predicted octanol–water partition coefficient (Wildman–Crippen LogP) is 1.14. The van der Waals surface area contributed by atoms with Crippen molar-refractivity contribution in [1.29, 1.82) is 5.26 Å². The molecule has 1 fully saturated rings. The molecule has 3 unspecified atom stereocenters. The number of nitriles is 1. The fourth-order valence-corrected chi connectivity index (χ4v) is 2.26. The molecule has 16 heavy (non-hydrogen) atoms. The maximum atomic E-state index is 11.7. The molecule has 0 aromatic carbocycles. The lowest BCUT2D eigenvalue weighted by Crippen LogP contribution is -2.49. The normalized spacial score (nSPS) is 26.9. The number of rotatable bonds is 3. The van der Waals surface area contributed by atoms with Crippen LogP contribution in [0.15, 0.2) is 0 Å². The van der Waals surface area contributed by atoms with Gasteiger partial charge in [-0.1, -0.05) is 12.8 Å². The van der Waals surface area contributed by atoms with E-state index < -0.39 is 0 Å². The lowest BCUT2D eigenvalue weighted by Gasteiger charge is -2.30. The minimum absolute atomic E-state index is 0.0613. The second kappa shape index (κ2) is 5.86. The minimum atomic E-state index is -0.200. The van der Waals surface area contributed by atoms with E-state index in [0.717, 1.165) is 25.7 Å². The minimum Gasteiger partial charge on any atom is -0.347 e. The molecule has 1 rings (SSSR count). The molecular weight excluding hydrogens is 202 g/mol. The topological polar surface area (TPSA) is 56.1 Å². The summed E-state index contributed by atoms with van der Waals surface area (Å²) in [6.45, 7) is 1.87. The highest BCUT2D eigenvalue weighted by molar-refractivity contribution is 5.80. The lowest BCUT2D eigenvalue weighted by atomic mass is 9.85. The number of hydrogen-bond acceptors (Lipinski definition) is 3. The van der Waals surface area contributed by atoms with Crippen LogP contribution in [-0.4, -0.2) is 37.0 Å². The molecule has 0 bridgehead atoms. The van der Waals surface area contributed by atoms with Gasteiger partial charge in [0.2, 0.25) is 5.91 Å². The Morgan fingerprint density at radius 2 is 2.06 bits per heavy atom. The molecule has 0 aromatic heterocycles. The number of amides is 1. The highest BCUT2D eigenvalue weighted by atomic mass is 16.2. The zero-order chi connectivity index (χ0) is 12.1. The van der Waals surface area contributed by atoms with E-state index in [1.807, 2.05) is 6.92 Å². The highest BCUT2D eigenvalue weighted by Crippen LogP contribution is 2.24. The summed E-state index contributed by atoms with van der Waals surface area (Å²) in [5.74, 6) is 0.133. The van der Waals surface area contributed by atoms with Gasteiger partial charge in [0.05, 0.1) is 18.0 Å². The van der Waals surface area contributed by atoms with E-state index in [1.165, 1.54) is 0 Å². The number of likely N-dealkylation sites (N-methyl/N-ethyl adjacent to an activating group) is 1. The summed E-state index contributed by atoms with van der Waals surface area (Å²) >= 11 is 0. The molecular formula is C12H21N3O. The fraction of sp³-hybridized carbons (Fsp3) is 0.833.